The van der Waals surface area contributed by atoms with E-state index >= 15 is 0 Å². The van der Waals surface area contributed by atoms with Crippen molar-refractivity contribution >= 4 is 5.78 Å². The van der Waals surface area contributed by atoms with Gasteiger partial charge in [0.15, 0.2) is 5.78 Å². The van der Waals surface area contributed by atoms with Crippen molar-refractivity contribution < 1.29 is 18.0 Å². The van der Waals surface area contributed by atoms with Crippen molar-refractivity contribution in [3.63, 3.8) is 0 Å². The third-order valence-corrected chi connectivity index (χ3v) is 4.04. The van der Waals surface area contributed by atoms with E-state index < -0.39 is 17.5 Å². The number of ketones is 1. The maximum absolute atomic E-state index is 13.3. The minimum Gasteiger partial charge on any atom is -0.306 e. The van der Waals surface area contributed by atoms with Crippen LogP contribution in [-0.2, 0) is 12.6 Å². The maximum Gasteiger partial charge on any atom is 0.416 e. The van der Waals surface area contributed by atoms with Gasteiger partial charge >= 0.3 is 6.18 Å². The molecule has 1 heterocycles. The molecule has 0 bridgehead atoms. The molecule has 0 aliphatic rings. The van der Waals surface area contributed by atoms with Crippen LogP contribution in [0.15, 0.2) is 55.0 Å². The Morgan fingerprint density at radius 3 is 2.63 bits per heavy atom. The van der Waals surface area contributed by atoms with Crippen molar-refractivity contribution in [3.8, 4) is 18.0 Å². The van der Waals surface area contributed by atoms with Crippen molar-refractivity contribution in [1.29, 1.82) is 0 Å². The third kappa shape index (κ3) is 4.26. The SMILES string of the molecule is C#Cc1cccc(CC(=O)c2cc(-n3cnc(C)c3)cc(C(F)(F)F)c2)c1. The number of Topliss-reactive ketones (excluding diaryl/α,β-unsaturated/α-hetero) is 1. The van der Waals surface area contributed by atoms with Gasteiger partial charge in [-0.25, -0.2) is 4.98 Å². The van der Waals surface area contributed by atoms with E-state index in [4.69, 9.17) is 6.42 Å². The van der Waals surface area contributed by atoms with E-state index in [1.807, 2.05) is 0 Å². The van der Waals surface area contributed by atoms with E-state index in [0.717, 1.165) is 12.1 Å². The first-order valence-corrected chi connectivity index (χ1v) is 8.08. The summed E-state index contributed by atoms with van der Waals surface area (Å²) in [4.78, 5) is 16.7. The van der Waals surface area contributed by atoms with Crippen LogP contribution in [0.5, 0.6) is 0 Å². The summed E-state index contributed by atoms with van der Waals surface area (Å²) in [5.74, 6) is 2.05. The van der Waals surface area contributed by atoms with Gasteiger partial charge < -0.3 is 4.57 Å². The molecule has 1 aromatic heterocycles. The molecule has 6 heteroatoms. The van der Waals surface area contributed by atoms with E-state index in [2.05, 4.69) is 10.9 Å². The molecule has 0 saturated carbocycles. The molecule has 0 radical (unpaired) electrons. The lowest BCUT2D eigenvalue weighted by atomic mass is 9.99. The van der Waals surface area contributed by atoms with Gasteiger partial charge in [-0.05, 0) is 42.8 Å². The molecule has 0 N–H and O–H groups in total. The van der Waals surface area contributed by atoms with E-state index in [9.17, 15) is 18.0 Å². The highest BCUT2D eigenvalue weighted by atomic mass is 19.4. The Morgan fingerprint density at radius 1 is 1.22 bits per heavy atom. The second kappa shape index (κ2) is 7.12. The maximum atomic E-state index is 13.3. The number of imidazole rings is 1. The number of aromatic nitrogens is 2. The fourth-order valence-electron chi connectivity index (χ4n) is 2.71. The summed E-state index contributed by atoms with van der Waals surface area (Å²) in [5, 5.41) is 0. The van der Waals surface area contributed by atoms with Crippen molar-refractivity contribution in [2.45, 2.75) is 19.5 Å². The minimum absolute atomic E-state index is 0.0164. The monoisotopic (exact) mass is 368 g/mol. The first kappa shape index (κ1) is 18.5. The van der Waals surface area contributed by atoms with Crippen LogP contribution < -0.4 is 0 Å². The van der Waals surface area contributed by atoms with E-state index in [-0.39, 0.29) is 17.7 Å². The van der Waals surface area contributed by atoms with Gasteiger partial charge in [0.05, 0.1) is 17.6 Å². The second-order valence-corrected chi connectivity index (χ2v) is 6.13. The number of carbonyl (C=O) groups excluding carboxylic acids is 1. The molecule has 136 valence electrons. The third-order valence-electron chi connectivity index (χ3n) is 4.04. The van der Waals surface area contributed by atoms with Gasteiger partial charge in [-0.2, -0.15) is 13.2 Å². The van der Waals surface area contributed by atoms with Crippen molar-refractivity contribution in [2.75, 3.05) is 0 Å². The van der Waals surface area contributed by atoms with Gasteiger partial charge in [0.1, 0.15) is 0 Å². The van der Waals surface area contributed by atoms with Crippen LogP contribution in [0, 0.1) is 19.3 Å². The smallest absolute Gasteiger partial charge is 0.306 e. The van der Waals surface area contributed by atoms with Crippen LogP contribution in [0.1, 0.15) is 32.7 Å². The number of rotatable bonds is 4. The lowest BCUT2D eigenvalue weighted by Gasteiger charge is -2.12. The normalized spacial score (nSPS) is 11.2. The van der Waals surface area contributed by atoms with Crippen LogP contribution in [0.2, 0.25) is 0 Å². The number of hydrogen-bond acceptors (Lipinski definition) is 2. The van der Waals surface area contributed by atoms with Gasteiger partial charge in [-0.15, -0.1) is 6.42 Å². The molecule has 3 rings (SSSR count). The van der Waals surface area contributed by atoms with Gasteiger partial charge in [0.2, 0.25) is 0 Å². The summed E-state index contributed by atoms with van der Waals surface area (Å²) in [6.45, 7) is 1.73. The molecule has 27 heavy (non-hydrogen) atoms. The molecule has 3 aromatic rings. The molecule has 0 aliphatic heterocycles. The summed E-state index contributed by atoms with van der Waals surface area (Å²) in [6, 6.07) is 10.1. The molecule has 0 fully saturated rings. The Hall–Kier alpha value is -3.33. The molecular formula is C21H15F3N2O. The van der Waals surface area contributed by atoms with Crippen LogP contribution in [-0.4, -0.2) is 15.3 Å². The number of nitrogens with zero attached hydrogens (tertiary/aromatic N) is 2. The molecule has 0 spiro atoms. The number of carbonyl (C=O) groups is 1. The Morgan fingerprint density at radius 2 is 2.00 bits per heavy atom. The summed E-state index contributed by atoms with van der Waals surface area (Å²) >= 11 is 0. The van der Waals surface area contributed by atoms with Gasteiger partial charge in [0.25, 0.3) is 0 Å². The minimum atomic E-state index is -4.57. The average Bonchev–Trinajstić information content (AvgIpc) is 3.07. The number of hydrogen-bond donors (Lipinski definition) is 0. The molecule has 0 amide bonds. The van der Waals surface area contributed by atoms with Crippen LogP contribution in [0.4, 0.5) is 13.2 Å². The molecule has 0 saturated heterocycles. The second-order valence-electron chi connectivity index (χ2n) is 6.13. The fourth-order valence-corrected chi connectivity index (χ4v) is 2.71. The molecule has 2 aromatic carbocycles. The highest BCUT2D eigenvalue weighted by Crippen LogP contribution is 2.32. The van der Waals surface area contributed by atoms with Gasteiger partial charge in [-0.1, -0.05) is 18.1 Å². The zero-order valence-electron chi connectivity index (χ0n) is 14.4. The average molecular weight is 368 g/mol. The first-order valence-electron chi connectivity index (χ1n) is 8.08. The largest absolute Gasteiger partial charge is 0.416 e. The van der Waals surface area contributed by atoms with Crippen LogP contribution >= 0.6 is 0 Å². The topological polar surface area (TPSA) is 34.9 Å². The predicted octanol–water partition coefficient (Wildman–Crippen LogP) is 4.61. The zero-order valence-corrected chi connectivity index (χ0v) is 14.4. The highest BCUT2D eigenvalue weighted by molar-refractivity contribution is 5.98. The van der Waals surface area contributed by atoms with E-state index in [1.165, 1.54) is 17.0 Å². The van der Waals surface area contributed by atoms with Crippen molar-refractivity contribution in [3.05, 3.63) is 82.9 Å². The van der Waals surface area contributed by atoms with E-state index in [0.29, 0.717) is 16.8 Å². The Kier molecular flexibility index (Phi) is 4.87. The lowest BCUT2D eigenvalue weighted by molar-refractivity contribution is -0.137. The van der Waals surface area contributed by atoms with Crippen LogP contribution in [0.25, 0.3) is 5.69 Å². The van der Waals surface area contributed by atoms with Gasteiger partial charge in [-0.3, -0.25) is 4.79 Å². The zero-order chi connectivity index (χ0) is 19.6. The molecule has 0 aliphatic carbocycles. The highest BCUT2D eigenvalue weighted by Gasteiger charge is 2.32. The number of benzene rings is 2. The standard InChI is InChI=1S/C21H15F3N2O/c1-3-15-5-4-6-16(7-15)8-20(27)17-9-18(21(22,23)24)11-19(10-17)26-12-14(2)25-13-26/h1,4-7,9-13H,8H2,2H3. The van der Waals surface area contributed by atoms with Crippen LogP contribution in [0.3, 0.4) is 0 Å². The summed E-state index contributed by atoms with van der Waals surface area (Å²) in [7, 11) is 0. The molecule has 0 unspecified atom stereocenters. The lowest BCUT2D eigenvalue weighted by Crippen LogP contribution is -2.11. The van der Waals surface area contributed by atoms with Crippen molar-refractivity contribution in [1.82, 2.24) is 9.55 Å². The van der Waals surface area contributed by atoms with Gasteiger partial charge in [0, 0.05) is 29.4 Å². The number of aryl methyl sites for hydroxylation is 1. The molecular weight excluding hydrogens is 353 g/mol. The Balaban J connectivity index is 2.00. The summed E-state index contributed by atoms with van der Waals surface area (Å²) in [6.07, 6.45) is 3.75. The summed E-state index contributed by atoms with van der Waals surface area (Å²) in [5.41, 5.74) is 1.24. The van der Waals surface area contributed by atoms with E-state index in [1.54, 1.807) is 37.4 Å². The molecule has 0 atom stereocenters. The number of halogens is 3. The fraction of sp³-hybridized carbons (Fsp3) is 0.143. The predicted molar refractivity (Wildman–Crippen MR) is 95.7 cm³/mol. The first-order chi connectivity index (χ1) is 12.8. The Bertz CT molecular complexity index is 1040. The molecule has 3 nitrogen and oxygen atoms in total. The quantitative estimate of drug-likeness (QED) is 0.498. The number of alkyl halides is 3. The Labute approximate surface area is 154 Å². The summed E-state index contributed by atoms with van der Waals surface area (Å²) < 4.78 is 41.4. The van der Waals surface area contributed by atoms with Crippen molar-refractivity contribution in [2.24, 2.45) is 0 Å². The number of terminal acetylenes is 1.